The normalized spacial score (nSPS) is 14.6. The molecule has 1 aliphatic rings. The summed E-state index contributed by atoms with van der Waals surface area (Å²) in [4.78, 5) is 22.9. The van der Waals surface area contributed by atoms with Gasteiger partial charge in [-0.3, -0.25) is 14.6 Å². The lowest BCUT2D eigenvalue weighted by atomic mass is 10.0. The van der Waals surface area contributed by atoms with Crippen LogP contribution in [0.3, 0.4) is 0 Å². The van der Waals surface area contributed by atoms with Gasteiger partial charge in [0.05, 0.1) is 29.9 Å². The summed E-state index contributed by atoms with van der Waals surface area (Å²) in [6, 6.07) is 20.9. The highest BCUT2D eigenvalue weighted by Gasteiger charge is 2.21. The number of aryl methyl sites for hydroxylation is 1. The molecule has 0 atom stereocenters. The highest BCUT2D eigenvalue weighted by Crippen LogP contribution is 2.31. The van der Waals surface area contributed by atoms with Crippen molar-refractivity contribution in [2.24, 2.45) is 0 Å². The van der Waals surface area contributed by atoms with Crippen LogP contribution in [0.4, 0.5) is 5.13 Å². The molecule has 0 radical (unpaired) electrons. The SMILES string of the molecule is CCc1ccc2nc(N(CCCN3CCOCC3)C(=O)Cc3cccc4ccccc34)sc2c1. The summed E-state index contributed by atoms with van der Waals surface area (Å²) in [6.07, 6.45) is 2.28. The number of carbonyl (C=O) groups excluding carboxylic acids is 1. The predicted molar refractivity (Wildman–Crippen MR) is 141 cm³/mol. The van der Waals surface area contributed by atoms with Crippen LogP contribution < -0.4 is 4.90 Å². The van der Waals surface area contributed by atoms with Crippen molar-refractivity contribution in [2.75, 3.05) is 44.3 Å². The van der Waals surface area contributed by atoms with E-state index in [4.69, 9.17) is 9.72 Å². The Kier molecular flexibility index (Phi) is 7.19. The highest BCUT2D eigenvalue weighted by atomic mass is 32.1. The monoisotopic (exact) mass is 473 g/mol. The van der Waals surface area contributed by atoms with Crippen LogP contribution in [0, 0.1) is 0 Å². The largest absolute Gasteiger partial charge is 0.379 e. The van der Waals surface area contributed by atoms with E-state index in [-0.39, 0.29) is 5.91 Å². The summed E-state index contributed by atoms with van der Waals surface area (Å²) in [6.45, 7) is 7.31. The van der Waals surface area contributed by atoms with Crippen LogP contribution in [0.25, 0.3) is 21.0 Å². The Labute approximate surface area is 205 Å². The first-order valence-electron chi connectivity index (χ1n) is 12.2. The van der Waals surface area contributed by atoms with E-state index in [0.717, 1.165) is 72.0 Å². The zero-order chi connectivity index (χ0) is 23.3. The van der Waals surface area contributed by atoms with E-state index in [1.54, 1.807) is 11.3 Å². The van der Waals surface area contributed by atoms with E-state index in [0.29, 0.717) is 13.0 Å². The summed E-state index contributed by atoms with van der Waals surface area (Å²) in [7, 11) is 0. The molecule has 176 valence electrons. The van der Waals surface area contributed by atoms with Crippen molar-refractivity contribution >= 4 is 43.4 Å². The molecule has 3 aromatic carbocycles. The number of anilines is 1. The van der Waals surface area contributed by atoms with Gasteiger partial charge in [0.2, 0.25) is 5.91 Å². The van der Waals surface area contributed by atoms with Crippen molar-refractivity contribution in [3.63, 3.8) is 0 Å². The Morgan fingerprint density at radius 2 is 1.91 bits per heavy atom. The lowest BCUT2D eigenvalue weighted by Crippen LogP contribution is -2.39. The first-order chi connectivity index (χ1) is 16.7. The van der Waals surface area contributed by atoms with Gasteiger partial charge in [0.25, 0.3) is 0 Å². The van der Waals surface area contributed by atoms with E-state index >= 15 is 0 Å². The summed E-state index contributed by atoms with van der Waals surface area (Å²) in [5.41, 5.74) is 3.33. The molecule has 5 nitrogen and oxygen atoms in total. The molecule has 1 amide bonds. The van der Waals surface area contributed by atoms with Crippen molar-refractivity contribution in [3.8, 4) is 0 Å². The van der Waals surface area contributed by atoms with E-state index in [9.17, 15) is 4.79 Å². The van der Waals surface area contributed by atoms with Crippen LogP contribution in [0.1, 0.15) is 24.5 Å². The number of ether oxygens (including phenoxy) is 1. The van der Waals surface area contributed by atoms with Gasteiger partial charge in [0.15, 0.2) is 5.13 Å². The molecule has 0 saturated carbocycles. The maximum atomic E-state index is 13.7. The number of thiazole rings is 1. The number of hydrogen-bond acceptors (Lipinski definition) is 5. The Morgan fingerprint density at radius 1 is 1.09 bits per heavy atom. The number of amides is 1. The standard InChI is InChI=1S/C28H31N3O2S/c1-2-21-11-12-25-26(19-21)34-28(29-25)31(14-6-13-30-15-17-33-18-16-30)27(32)20-23-9-5-8-22-7-3-4-10-24(22)23/h3-5,7-12,19H,2,6,13-18,20H2,1H3. The van der Waals surface area contributed by atoms with Gasteiger partial charge < -0.3 is 4.74 Å². The Morgan fingerprint density at radius 3 is 2.76 bits per heavy atom. The molecule has 34 heavy (non-hydrogen) atoms. The average Bonchev–Trinajstić information content (AvgIpc) is 3.30. The van der Waals surface area contributed by atoms with Gasteiger partial charge in [0, 0.05) is 26.2 Å². The smallest absolute Gasteiger partial charge is 0.233 e. The van der Waals surface area contributed by atoms with Crippen molar-refractivity contribution in [1.82, 2.24) is 9.88 Å². The number of rotatable bonds is 8. The van der Waals surface area contributed by atoms with Gasteiger partial charge in [-0.05, 0) is 46.9 Å². The third-order valence-electron chi connectivity index (χ3n) is 6.56. The lowest BCUT2D eigenvalue weighted by molar-refractivity contribution is -0.118. The molecule has 0 bridgehead atoms. The lowest BCUT2D eigenvalue weighted by Gasteiger charge is -2.27. The van der Waals surface area contributed by atoms with E-state index < -0.39 is 0 Å². The van der Waals surface area contributed by atoms with Crippen LogP contribution in [-0.2, 0) is 22.4 Å². The van der Waals surface area contributed by atoms with Crippen LogP contribution >= 0.6 is 11.3 Å². The minimum Gasteiger partial charge on any atom is -0.379 e. The van der Waals surface area contributed by atoms with Crippen molar-refractivity contribution in [1.29, 1.82) is 0 Å². The molecule has 5 rings (SSSR count). The molecule has 1 fully saturated rings. The molecule has 4 aromatic rings. The second kappa shape index (κ2) is 10.6. The molecule has 0 unspecified atom stereocenters. The number of aromatic nitrogens is 1. The summed E-state index contributed by atoms with van der Waals surface area (Å²) >= 11 is 1.62. The molecular formula is C28H31N3O2S. The van der Waals surface area contributed by atoms with Crippen molar-refractivity contribution in [2.45, 2.75) is 26.2 Å². The van der Waals surface area contributed by atoms with Gasteiger partial charge in [-0.15, -0.1) is 0 Å². The van der Waals surface area contributed by atoms with Gasteiger partial charge in [-0.1, -0.05) is 66.8 Å². The summed E-state index contributed by atoms with van der Waals surface area (Å²) in [5, 5.41) is 3.11. The predicted octanol–water partition coefficient (Wildman–Crippen LogP) is 5.31. The number of fused-ring (bicyclic) bond motifs is 2. The first-order valence-corrected chi connectivity index (χ1v) is 13.0. The van der Waals surface area contributed by atoms with Crippen molar-refractivity contribution < 1.29 is 9.53 Å². The third kappa shape index (κ3) is 5.14. The Bertz CT molecular complexity index is 1270. The summed E-state index contributed by atoms with van der Waals surface area (Å²) in [5.74, 6) is 0.105. The molecule has 0 N–H and O–H groups in total. The fourth-order valence-electron chi connectivity index (χ4n) is 4.60. The quantitative estimate of drug-likeness (QED) is 0.348. The maximum Gasteiger partial charge on any atom is 0.233 e. The van der Waals surface area contributed by atoms with Crippen LogP contribution in [0.5, 0.6) is 0 Å². The van der Waals surface area contributed by atoms with E-state index in [2.05, 4.69) is 54.3 Å². The number of morpholine rings is 1. The number of benzene rings is 3. The minimum absolute atomic E-state index is 0.105. The molecular weight excluding hydrogens is 442 g/mol. The Hall–Kier alpha value is -2.80. The number of nitrogens with zero attached hydrogens (tertiary/aromatic N) is 3. The molecule has 0 aliphatic carbocycles. The minimum atomic E-state index is 0.105. The molecule has 1 aliphatic heterocycles. The topological polar surface area (TPSA) is 45.7 Å². The summed E-state index contributed by atoms with van der Waals surface area (Å²) < 4.78 is 6.62. The van der Waals surface area contributed by atoms with Crippen LogP contribution in [-0.4, -0.2) is 55.2 Å². The van der Waals surface area contributed by atoms with E-state index in [1.165, 1.54) is 10.9 Å². The second-order valence-corrected chi connectivity index (χ2v) is 9.83. The van der Waals surface area contributed by atoms with Crippen LogP contribution in [0.15, 0.2) is 60.7 Å². The Balaban J connectivity index is 1.40. The van der Waals surface area contributed by atoms with Gasteiger partial charge >= 0.3 is 0 Å². The zero-order valence-electron chi connectivity index (χ0n) is 19.7. The number of hydrogen-bond donors (Lipinski definition) is 0. The molecule has 1 saturated heterocycles. The molecule has 1 aromatic heterocycles. The fourth-order valence-corrected chi connectivity index (χ4v) is 5.67. The van der Waals surface area contributed by atoms with E-state index in [1.807, 2.05) is 23.1 Å². The molecule has 6 heteroatoms. The highest BCUT2D eigenvalue weighted by molar-refractivity contribution is 7.22. The van der Waals surface area contributed by atoms with Crippen molar-refractivity contribution in [3.05, 3.63) is 71.8 Å². The van der Waals surface area contributed by atoms with Gasteiger partial charge in [-0.2, -0.15) is 0 Å². The third-order valence-corrected chi connectivity index (χ3v) is 7.60. The zero-order valence-corrected chi connectivity index (χ0v) is 20.5. The molecule has 2 heterocycles. The molecule has 0 spiro atoms. The fraction of sp³-hybridized carbons (Fsp3) is 0.357. The van der Waals surface area contributed by atoms with Gasteiger partial charge in [-0.25, -0.2) is 4.98 Å². The van der Waals surface area contributed by atoms with Gasteiger partial charge in [0.1, 0.15) is 0 Å². The van der Waals surface area contributed by atoms with Crippen LogP contribution in [0.2, 0.25) is 0 Å². The maximum absolute atomic E-state index is 13.7. The second-order valence-electron chi connectivity index (χ2n) is 8.82. The number of carbonyl (C=O) groups is 1. The average molecular weight is 474 g/mol. The first kappa shape index (κ1) is 23.0.